The van der Waals surface area contributed by atoms with Crippen molar-refractivity contribution in [3.8, 4) is 0 Å². The maximum Gasteiger partial charge on any atom is 0.243 e. The standard InChI is InChI=1S/C25H30N6O4/c1-18(32)19-5-7-20(8-6-19)28-23(33)16-21-25(35)27-10-11-31(21)24(34)17-29-12-14-30(15-13-29)22-4-2-3-9-26-22/h2-9,21H,10-17H2,1H3,(H,27,35)(H,28,33)/t21-/m1/s1. The summed E-state index contributed by atoms with van der Waals surface area (Å²) in [7, 11) is 0. The highest BCUT2D eigenvalue weighted by Gasteiger charge is 2.35. The predicted octanol–water partition coefficient (Wildman–Crippen LogP) is 0.762. The van der Waals surface area contributed by atoms with Gasteiger partial charge in [-0.25, -0.2) is 4.98 Å². The molecule has 0 unspecified atom stereocenters. The van der Waals surface area contributed by atoms with Crippen LogP contribution in [0.4, 0.5) is 11.5 Å². The monoisotopic (exact) mass is 478 g/mol. The second kappa shape index (κ2) is 11.1. The van der Waals surface area contributed by atoms with E-state index in [9.17, 15) is 19.2 Å². The van der Waals surface area contributed by atoms with Crippen molar-refractivity contribution in [1.82, 2.24) is 20.1 Å². The third kappa shape index (κ3) is 6.21. The average molecular weight is 479 g/mol. The van der Waals surface area contributed by atoms with Crippen LogP contribution in [0.25, 0.3) is 0 Å². The van der Waals surface area contributed by atoms with Gasteiger partial charge in [0, 0.05) is 56.7 Å². The molecule has 2 aliphatic heterocycles. The number of benzene rings is 1. The maximum atomic E-state index is 13.1. The molecule has 1 aromatic heterocycles. The molecule has 0 spiro atoms. The number of anilines is 2. The third-order valence-electron chi connectivity index (χ3n) is 6.31. The normalized spacial score (nSPS) is 18.7. The minimum atomic E-state index is -0.859. The van der Waals surface area contributed by atoms with Gasteiger partial charge in [0.1, 0.15) is 11.9 Å². The van der Waals surface area contributed by atoms with Crippen LogP contribution in [0.15, 0.2) is 48.7 Å². The van der Waals surface area contributed by atoms with Crippen molar-refractivity contribution < 1.29 is 19.2 Å². The fourth-order valence-electron chi connectivity index (χ4n) is 4.35. The summed E-state index contributed by atoms with van der Waals surface area (Å²) in [5.41, 5.74) is 1.08. The van der Waals surface area contributed by atoms with Gasteiger partial charge in [0.25, 0.3) is 0 Å². The minimum Gasteiger partial charge on any atom is -0.354 e. The molecule has 3 amide bonds. The summed E-state index contributed by atoms with van der Waals surface area (Å²) in [5, 5.41) is 5.50. The quantitative estimate of drug-likeness (QED) is 0.565. The maximum absolute atomic E-state index is 13.1. The van der Waals surface area contributed by atoms with Crippen LogP contribution in [0.5, 0.6) is 0 Å². The van der Waals surface area contributed by atoms with E-state index in [1.807, 2.05) is 18.2 Å². The highest BCUT2D eigenvalue weighted by Crippen LogP contribution is 2.16. The van der Waals surface area contributed by atoms with E-state index in [-0.39, 0.29) is 36.5 Å². The van der Waals surface area contributed by atoms with Crippen molar-refractivity contribution in [2.24, 2.45) is 0 Å². The summed E-state index contributed by atoms with van der Waals surface area (Å²) < 4.78 is 0. The predicted molar refractivity (Wildman–Crippen MR) is 131 cm³/mol. The van der Waals surface area contributed by atoms with Crippen LogP contribution in [0, 0.1) is 0 Å². The number of Topliss-reactive ketones (excluding diaryl/α,β-unsaturated/α-hetero) is 1. The number of aromatic nitrogens is 1. The molecule has 3 heterocycles. The van der Waals surface area contributed by atoms with Crippen molar-refractivity contribution in [1.29, 1.82) is 0 Å². The van der Waals surface area contributed by atoms with Crippen molar-refractivity contribution in [3.05, 3.63) is 54.2 Å². The Morgan fingerprint density at radius 2 is 1.77 bits per heavy atom. The van der Waals surface area contributed by atoms with Crippen LogP contribution in [-0.2, 0) is 14.4 Å². The molecule has 0 radical (unpaired) electrons. The molecule has 1 atom stereocenters. The largest absolute Gasteiger partial charge is 0.354 e. The minimum absolute atomic E-state index is 0.0611. The zero-order valence-corrected chi connectivity index (χ0v) is 19.8. The number of carbonyl (C=O) groups excluding carboxylic acids is 4. The Morgan fingerprint density at radius 3 is 2.43 bits per heavy atom. The summed E-state index contributed by atoms with van der Waals surface area (Å²) in [6.07, 6.45) is 1.63. The van der Waals surface area contributed by atoms with E-state index in [2.05, 4.69) is 25.4 Å². The topological polar surface area (TPSA) is 115 Å². The summed E-state index contributed by atoms with van der Waals surface area (Å²) in [4.78, 5) is 59.9. The summed E-state index contributed by atoms with van der Waals surface area (Å²) >= 11 is 0. The van der Waals surface area contributed by atoms with Crippen molar-refractivity contribution in [3.63, 3.8) is 0 Å². The van der Waals surface area contributed by atoms with Crippen molar-refractivity contribution in [2.75, 3.05) is 56.0 Å². The molecule has 35 heavy (non-hydrogen) atoms. The average Bonchev–Trinajstić information content (AvgIpc) is 2.86. The lowest BCUT2D eigenvalue weighted by Gasteiger charge is -2.38. The third-order valence-corrected chi connectivity index (χ3v) is 6.31. The van der Waals surface area contributed by atoms with Gasteiger partial charge in [-0.2, -0.15) is 0 Å². The number of carbonyl (C=O) groups is 4. The Balaban J connectivity index is 1.32. The number of rotatable bonds is 7. The number of hydrogen-bond acceptors (Lipinski definition) is 7. The molecule has 4 rings (SSSR count). The van der Waals surface area contributed by atoms with Gasteiger partial charge < -0.3 is 20.4 Å². The van der Waals surface area contributed by atoms with Crippen LogP contribution in [0.3, 0.4) is 0 Å². The van der Waals surface area contributed by atoms with Gasteiger partial charge in [0.15, 0.2) is 5.78 Å². The Hall–Kier alpha value is -3.79. The molecule has 2 fully saturated rings. The lowest BCUT2D eigenvalue weighted by atomic mass is 10.1. The molecule has 0 bridgehead atoms. The number of nitrogens with one attached hydrogen (secondary N) is 2. The zero-order valence-electron chi connectivity index (χ0n) is 19.8. The summed E-state index contributed by atoms with van der Waals surface area (Å²) in [5.74, 6) is 0.00744. The Kier molecular flexibility index (Phi) is 7.71. The van der Waals surface area contributed by atoms with Gasteiger partial charge in [0.2, 0.25) is 17.7 Å². The molecule has 2 aromatic rings. The fraction of sp³-hybridized carbons (Fsp3) is 0.400. The van der Waals surface area contributed by atoms with Crippen molar-refractivity contribution in [2.45, 2.75) is 19.4 Å². The first kappa shape index (κ1) is 24.3. The number of piperazine rings is 2. The first-order valence-electron chi connectivity index (χ1n) is 11.8. The van der Waals surface area contributed by atoms with Gasteiger partial charge in [-0.15, -0.1) is 0 Å². The van der Waals surface area contributed by atoms with E-state index >= 15 is 0 Å². The lowest BCUT2D eigenvalue weighted by Crippen LogP contribution is -2.60. The molecule has 1 aromatic carbocycles. The fourth-order valence-corrected chi connectivity index (χ4v) is 4.35. The summed E-state index contributed by atoms with van der Waals surface area (Å²) in [6.45, 7) is 5.35. The molecule has 184 valence electrons. The number of pyridine rings is 1. The first-order valence-corrected chi connectivity index (χ1v) is 11.8. The van der Waals surface area contributed by atoms with Crippen molar-refractivity contribution >= 4 is 35.0 Å². The van der Waals surface area contributed by atoms with E-state index < -0.39 is 6.04 Å². The molecule has 0 saturated carbocycles. The van der Waals surface area contributed by atoms with Crippen LogP contribution < -0.4 is 15.5 Å². The lowest BCUT2D eigenvalue weighted by molar-refractivity contribution is -0.145. The van der Waals surface area contributed by atoms with E-state index in [1.54, 1.807) is 30.5 Å². The van der Waals surface area contributed by atoms with Gasteiger partial charge in [-0.05, 0) is 43.3 Å². The molecule has 2 N–H and O–H groups in total. The van der Waals surface area contributed by atoms with Gasteiger partial charge >= 0.3 is 0 Å². The number of nitrogens with zero attached hydrogens (tertiary/aromatic N) is 4. The van der Waals surface area contributed by atoms with Crippen LogP contribution >= 0.6 is 0 Å². The van der Waals surface area contributed by atoms with E-state index in [1.165, 1.54) is 11.8 Å². The molecule has 10 nitrogen and oxygen atoms in total. The Morgan fingerprint density at radius 1 is 1.03 bits per heavy atom. The first-order chi connectivity index (χ1) is 16.9. The van der Waals surface area contributed by atoms with Gasteiger partial charge in [-0.3, -0.25) is 24.1 Å². The van der Waals surface area contributed by atoms with E-state index in [4.69, 9.17) is 0 Å². The second-order valence-corrected chi connectivity index (χ2v) is 8.73. The number of ketones is 1. The second-order valence-electron chi connectivity index (χ2n) is 8.73. The van der Waals surface area contributed by atoms with Crippen LogP contribution in [0.1, 0.15) is 23.7 Å². The molecular weight excluding hydrogens is 448 g/mol. The van der Waals surface area contributed by atoms with Gasteiger partial charge in [0.05, 0.1) is 13.0 Å². The van der Waals surface area contributed by atoms with Crippen LogP contribution in [0.2, 0.25) is 0 Å². The molecule has 2 saturated heterocycles. The molecule has 0 aliphatic carbocycles. The number of amides is 3. The Labute approximate surface area is 204 Å². The molecular formula is C25H30N6O4. The Bertz CT molecular complexity index is 1070. The SMILES string of the molecule is CC(=O)c1ccc(NC(=O)C[C@@H]2C(=O)NCCN2C(=O)CN2CCN(c3ccccn3)CC2)cc1. The van der Waals surface area contributed by atoms with Crippen LogP contribution in [-0.4, -0.2) is 90.1 Å². The summed E-state index contributed by atoms with van der Waals surface area (Å²) in [6, 6.07) is 11.5. The highest BCUT2D eigenvalue weighted by molar-refractivity contribution is 5.98. The highest BCUT2D eigenvalue weighted by atomic mass is 16.2. The number of hydrogen-bond donors (Lipinski definition) is 2. The molecule has 10 heteroatoms. The zero-order chi connectivity index (χ0) is 24.8. The smallest absolute Gasteiger partial charge is 0.243 e. The van der Waals surface area contributed by atoms with E-state index in [0.717, 1.165) is 18.9 Å². The van der Waals surface area contributed by atoms with Gasteiger partial charge in [-0.1, -0.05) is 6.07 Å². The van der Waals surface area contributed by atoms with E-state index in [0.29, 0.717) is 37.4 Å². The molecule has 2 aliphatic rings.